The maximum Gasteiger partial charge on any atom is 0.277 e. The molecule has 1 aromatic heterocycles. The number of hydrogen-bond acceptors (Lipinski definition) is 8. The number of aromatic nitrogens is 2. The lowest BCUT2D eigenvalue weighted by Gasteiger charge is -2.39. The van der Waals surface area contributed by atoms with Gasteiger partial charge in [0.1, 0.15) is 24.4 Å². The Morgan fingerprint density at radius 3 is 2.37 bits per heavy atom. The minimum absolute atomic E-state index is 0.0446. The summed E-state index contributed by atoms with van der Waals surface area (Å²) in [6.07, 6.45) is -4.21. The average molecular weight is 484 g/mol. The van der Waals surface area contributed by atoms with Crippen LogP contribution in [0.3, 0.4) is 0 Å². The normalized spacial score (nSPS) is 24.6. The van der Waals surface area contributed by atoms with Crippen LogP contribution >= 0.6 is 0 Å². The van der Waals surface area contributed by atoms with E-state index in [2.05, 4.69) is 5.10 Å². The molecule has 0 bridgehead atoms. The van der Waals surface area contributed by atoms with Crippen LogP contribution in [0.4, 0.5) is 5.69 Å². The molecule has 0 amide bonds. The highest BCUT2D eigenvalue weighted by atomic mass is 16.6. The first-order chi connectivity index (χ1) is 16.7. The standard InChI is InChI=1S/C25H29N3O7/c1-14(2)21-17(12-27(26-21)25-24(32)23(31)22(30)20(13-29)35-25)11-15-7-9-16(10-8-15)18-5-3-4-6-19(18)28(33)34/h3-10,12,14,20,22-25,29-32H,11,13H2,1-2H3/t20-,22-,23+,24-,25-/m1/s1. The molecule has 2 aromatic carbocycles. The molecule has 1 fully saturated rings. The fraction of sp³-hybridized carbons (Fsp3) is 0.400. The number of aliphatic hydroxyl groups is 4. The van der Waals surface area contributed by atoms with Crippen LogP contribution in [0.2, 0.25) is 0 Å². The van der Waals surface area contributed by atoms with E-state index < -0.39 is 42.2 Å². The molecule has 5 atom stereocenters. The van der Waals surface area contributed by atoms with Crippen LogP contribution in [0.25, 0.3) is 11.1 Å². The van der Waals surface area contributed by atoms with Crippen LogP contribution in [0.15, 0.2) is 54.7 Å². The zero-order valence-electron chi connectivity index (χ0n) is 19.4. The molecule has 10 heteroatoms. The number of benzene rings is 2. The third-order valence-electron chi connectivity index (χ3n) is 6.28. The molecule has 186 valence electrons. The van der Waals surface area contributed by atoms with Crippen molar-refractivity contribution in [1.82, 2.24) is 9.78 Å². The monoisotopic (exact) mass is 483 g/mol. The molecule has 1 aliphatic heterocycles. The Labute approximate surface area is 202 Å². The molecule has 0 unspecified atom stereocenters. The second-order valence-electron chi connectivity index (χ2n) is 9.04. The van der Waals surface area contributed by atoms with Crippen LogP contribution < -0.4 is 0 Å². The summed E-state index contributed by atoms with van der Waals surface area (Å²) in [5.41, 5.74) is 3.95. The van der Waals surface area contributed by atoms with Gasteiger partial charge in [-0.15, -0.1) is 0 Å². The minimum Gasteiger partial charge on any atom is -0.394 e. The summed E-state index contributed by atoms with van der Waals surface area (Å²) in [6.45, 7) is 3.46. The Kier molecular flexibility index (Phi) is 7.29. The molecule has 1 aliphatic rings. The first kappa shape index (κ1) is 25.0. The van der Waals surface area contributed by atoms with Crippen LogP contribution in [0, 0.1) is 10.1 Å². The van der Waals surface area contributed by atoms with Crippen LogP contribution in [-0.2, 0) is 11.2 Å². The lowest BCUT2D eigenvalue weighted by Crippen LogP contribution is -2.56. The van der Waals surface area contributed by atoms with E-state index in [1.165, 1.54) is 10.7 Å². The molecule has 35 heavy (non-hydrogen) atoms. The van der Waals surface area contributed by atoms with Gasteiger partial charge in [0.15, 0.2) is 6.23 Å². The summed E-state index contributed by atoms with van der Waals surface area (Å²) < 4.78 is 7.07. The van der Waals surface area contributed by atoms with E-state index in [1.54, 1.807) is 24.4 Å². The zero-order valence-corrected chi connectivity index (χ0v) is 19.4. The molecule has 0 spiro atoms. The van der Waals surface area contributed by atoms with E-state index in [1.807, 2.05) is 38.1 Å². The second-order valence-corrected chi connectivity index (χ2v) is 9.04. The van der Waals surface area contributed by atoms with E-state index in [9.17, 15) is 30.5 Å². The third kappa shape index (κ3) is 4.97. The van der Waals surface area contributed by atoms with Gasteiger partial charge in [-0.25, -0.2) is 4.68 Å². The van der Waals surface area contributed by atoms with Crippen molar-refractivity contribution in [2.45, 2.75) is 56.8 Å². The highest BCUT2D eigenvalue weighted by molar-refractivity contribution is 5.73. The first-order valence-corrected chi connectivity index (χ1v) is 11.4. The highest BCUT2D eigenvalue weighted by Gasteiger charge is 2.44. The van der Waals surface area contributed by atoms with Crippen LogP contribution in [0.5, 0.6) is 0 Å². The Hall–Kier alpha value is -3.15. The van der Waals surface area contributed by atoms with Gasteiger partial charge in [-0.3, -0.25) is 10.1 Å². The van der Waals surface area contributed by atoms with Gasteiger partial charge in [-0.1, -0.05) is 50.2 Å². The van der Waals surface area contributed by atoms with E-state index in [0.29, 0.717) is 12.0 Å². The van der Waals surface area contributed by atoms with Gasteiger partial charge in [0.25, 0.3) is 5.69 Å². The fourth-order valence-corrected chi connectivity index (χ4v) is 4.40. The number of nitro benzene ring substituents is 1. The van der Waals surface area contributed by atoms with Gasteiger partial charge >= 0.3 is 0 Å². The summed E-state index contributed by atoms with van der Waals surface area (Å²) in [4.78, 5) is 11.0. The largest absolute Gasteiger partial charge is 0.394 e. The number of rotatable bonds is 7. The minimum atomic E-state index is -1.49. The van der Waals surface area contributed by atoms with Crippen molar-refractivity contribution in [3.05, 3.63) is 81.7 Å². The lowest BCUT2D eigenvalue weighted by molar-refractivity contribution is -0.384. The number of para-hydroxylation sites is 1. The van der Waals surface area contributed by atoms with Gasteiger partial charge in [-0.05, 0) is 28.7 Å². The molecular weight excluding hydrogens is 454 g/mol. The molecule has 0 radical (unpaired) electrons. The van der Waals surface area contributed by atoms with E-state index in [-0.39, 0.29) is 11.6 Å². The molecule has 1 saturated heterocycles. The predicted molar refractivity (Wildman–Crippen MR) is 127 cm³/mol. The van der Waals surface area contributed by atoms with Crippen LogP contribution in [0.1, 0.15) is 42.8 Å². The molecule has 2 heterocycles. The second kappa shape index (κ2) is 10.2. The summed E-state index contributed by atoms with van der Waals surface area (Å²) >= 11 is 0. The number of aliphatic hydroxyl groups excluding tert-OH is 4. The molecule has 0 saturated carbocycles. The molecule has 3 aromatic rings. The Bertz CT molecular complexity index is 1180. The van der Waals surface area contributed by atoms with Gasteiger partial charge in [0.2, 0.25) is 0 Å². The number of nitrogens with zero attached hydrogens (tertiary/aromatic N) is 3. The first-order valence-electron chi connectivity index (χ1n) is 11.4. The topological polar surface area (TPSA) is 151 Å². The summed E-state index contributed by atoms with van der Waals surface area (Å²) in [7, 11) is 0. The van der Waals surface area contributed by atoms with Crippen molar-refractivity contribution in [3.63, 3.8) is 0 Å². The Balaban J connectivity index is 1.60. The maximum absolute atomic E-state index is 11.4. The third-order valence-corrected chi connectivity index (χ3v) is 6.28. The number of ether oxygens (including phenoxy) is 1. The molecule has 0 aliphatic carbocycles. The molecule has 4 N–H and O–H groups in total. The van der Waals surface area contributed by atoms with Crippen molar-refractivity contribution >= 4 is 5.69 Å². The molecule has 10 nitrogen and oxygen atoms in total. The summed E-state index contributed by atoms with van der Waals surface area (Å²) in [5.74, 6) is 0.0578. The summed E-state index contributed by atoms with van der Waals surface area (Å²) in [6, 6.07) is 14.1. The van der Waals surface area contributed by atoms with Crippen molar-refractivity contribution in [2.75, 3.05) is 6.61 Å². The van der Waals surface area contributed by atoms with Gasteiger partial charge in [0.05, 0.1) is 22.8 Å². The van der Waals surface area contributed by atoms with Gasteiger partial charge in [-0.2, -0.15) is 5.10 Å². The Morgan fingerprint density at radius 2 is 1.74 bits per heavy atom. The number of hydrogen-bond donors (Lipinski definition) is 4. The number of nitro groups is 1. The summed E-state index contributed by atoms with van der Waals surface area (Å²) in [5, 5.41) is 56.1. The highest BCUT2D eigenvalue weighted by Crippen LogP contribution is 2.32. The SMILES string of the molecule is CC(C)c1nn([C@@H]2O[C@H](CO)[C@@H](O)[C@H](O)[C@H]2O)cc1Cc1ccc(-c2ccccc2[N+](=O)[O-])cc1. The van der Waals surface area contributed by atoms with Gasteiger partial charge in [0, 0.05) is 18.7 Å². The maximum atomic E-state index is 11.4. The van der Waals surface area contributed by atoms with Crippen LogP contribution in [-0.4, -0.2) is 66.2 Å². The fourth-order valence-electron chi connectivity index (χ4n) is 4.40. The van der Waals surface area contributed by atoms with E-state index in [4.69, 9.17) is 4.74 Å². The predicted octanol–water partition coefficient (Wildman–Crippen LogP) is 2.14. The van der Waals surface area contributed by atoms with E-state index >= 15 is 0 Å². The smallest absolute Gasteiger partial charge is 0.277 e. The van der Waals surface area contributed by atoms with Gasteiger partial charge < -0.3 is 25.2 Å². The quantitative estimate of drug-likeness (QED) is 0.295. The zero-order chi connectivity index (χ0) is 25.3. The Morgan fingerprint density at radius 1 is 1.06 bits per heavy atom. The van der Waals surface area contributed by atoms with E-state index in [0.717, 1.165) is 22.4 Å². The van der Waals surface area contributed by atoms with Crippen molar-refractivity contribution < 1.29 is 30.1 Å². The molecule has 4 rings (SSSR count). The van der Waals surface area contributed by atoms with Crippen molar-refractivity contribution in [2.24, 2.45) is 0 Å². The lowest BCUT2D eigenvalue weighted by atomic mass is 9.97. The molecular formula is C25H29N3O7. The van der Waals surface area contributed by atoms with Crippen molar-refractivity contribution in [3.8, 4) is 11.1 Å². The van der Waals surface area contributed by atoms with Crippen molar-refractivity contribution in [1.29, 1.82) is 0 Å². The average Bonchev–Trinajstić information content (AvgIpc) is 3.27.